The van der Waals surface area contributed by atoms with E-state index in [1.165, 1.54) is 4.88 Å². The van der Waals surface area contributed by atoms with Crippen molar-refractivity contribution in [3.8, 4) is 0 Å². The summed E-state index contributed by atoms with van der Waals surface area (Å²) in [7, 11) is 0. The van der Waals surface area contributed by atoms with Gasteiger partial charge < -0.3 is 5.32 Å². The van der Waals surface area contributed by atoms with E-state index in [1.54, 1.807) is 11.3 Å². The molecule has 1 atom stereocenters. The first kappa shape index (κ1) is 16.2. The molecule has 116 valence electrons. The number of nitrogens with zero attached hydrogens (tertiary/aromatic N) is 3. The molecule has 0 aromatic carbocycles. The van der Waals surface area contributed by atoms with Crippen LogP contribution in [-0.4, -0.2) is 21.3 Å². The highest BCUT2D eigenvalue weighted by Gasteiger charge is 2.16. The third-order valence-electron chi connectivity index (χ3n) is 3.83. The van der Waals surface area contributed by atoms with Crippen molar-refractivity contribution in [1.29, 1.82) is 0 Å². The van der Waals surface area contributed by atoms with Gasteiger partial charge in [-0.15, -0.1) is 11.3 Å². The number of nitrogens with one attached hydrogen (secondary N) is 1. The van der Waals surface area contributed by atoms with Gasteiger partial charge in [0.1, 0.15) is 0 Å². The van der Waals surface area contributed by atoms with E-state index in [2.05, 4.69) is 54.9 Å². The van der Waals surface area contributed by atoms with Crippen LogP contribution in [0.25, 0.3) is 0 Å². The Morgan fingerprint density at radius 1 is 1.29 bits per heavy atom. The average molecular weight is 306 g/mol. The van der Waals surface area contributed by atoms with Crippen molar-refractivity contribution in [3.63, 3.8) is 0 Å². The predicted octanol–water partition coefficient (Wildman–Crippen LogP) is 3.90. The Labute approximate surface area is 131 Å². The Kier molecular flexibility index (Phi) is 5.94. The number of thiazole rings is 1. The molecule has 0 spiro atoms. The second-order valence-corrected chi connectivity index (χ2v) is 6.62. The minimum absolute atomic E-state index is 0.311. The van der Waals surface area contributed by atoms with Gasteiger partial charge in [-0.2, -0.15) is 5.10 Å². The van der Waals surface area contributed by atoms with Gasteiger partial charge >= 0.3 is 0 Å². The van der Waals surface area contributed by atoms with Crippen molar-refractivity contribution in [2.45, 2.75) is 59.0 Å². The van der Waals surface area contributed by atoms with Crippen LogP contribution in [0.2, 0.25) is 0 Å². The summed E-state index contributed by atoms with van der Waals surface area (Å²) >= 11 is 1.77. The molecule has 2 rings (SSSR count). The molecule has 2 aromatic rings. The van der Waals surface area contributed by atoms with Crippen LogP contribution >= 0.6 is 11.3 Å². The Balaban J connectivity index is 2.10. The smallest absolute Gasteiger partial charge is 0.0897 e. The molecular formula is C16H26N4S. The fourth-order valence-corrected chi connectivity index (χ4v) is 3.48. The summed E-state index contributed by atoms with van der Waals surface area (Å²) < 4.78 is 2.12. The van der Waals surface area contributed by atoms with Gasteiger partial charge in [-0.1, -0.05) is 20.8 Å². The van der Waals surface area contributed by atoms with Crippen LogP contribution in [-0.2, 0) is 6.42 Å². The number of likely N-dealkylation sites (N-methyl/N-ethyl adjacent to an activating group) is 1. The highest BCUT2D eigenvalue weighted by atomic mass is 32.1. The Hall–Kier alpha value is -1.20. The summed E-state index contributed by atoms with van der Waals surface area (Å²) in [6.45, 7) is 9.59. The number of aromatic nitrogens is 3. The molecule has 2 aromatic heterocycles. The maximum Gasteiger partial charge on any atom is 0.0897 e. The summed E-state index contributed by atoms with van der Waals surface area (Å²) in [6.07, 6.45) is 7.28. The topological polar surface area (TPSA) is 42.7 Å². The summed E-state index contributed by atoms with van der Waals surface area (Å²) in [4.78, 5) is 5.67. The molecule has 0 aliphatic carbocycles. The molecule has 21 heavy (non-hydrogen) atoms. The average Bonchev–Trinajstić information content (AvgIpc) is 3.09. The fourth-order valence-electron chi connectivity index (χ4n) is 2.62. The number of rotatable bonds is 8. The molecule has 0 saturated carbocycles. The van der Waals surface area contributed by atoms with Crippen molar-refractivity contribution in [2.24, 2.45) is 0 Å². The molecule has 0 fully saturated rings. The van der Waals surface area contributed by atoms with E-state index in [4.69, 9.17) is 5.10 Å². The zero-order valence-electron chi connectivity index (χ0n) is 13.5. The van der Waals surface area contributed by atoms with Gasteiger partial charge in [0.25, 0.3) is 0 Å². The molecule has 0 aliphatic rings. The van der Waals surface area contributed by atoms with Crippen LogP contribution in [0, 0.1) is 6.92 Å². The summed E-state index contributed by atoms with van der Waals surface area (Å²) in [5, 5.41) is 9.44. The highest BCUT2D eigenvalue weighted by molar-refractivity contribution is 7.11. The maximum atomic E-state index is 4.77. The van der Waals surface area contributed by atoms with Gasteiger partial charge in [0.15, 0.2) is 0 Å². The van der Waals surface area contributed by atoms with Crippen molar-refractivity contribution in [3.05, 3.63) is 34.0 Å². The first-order valence-corrected chi connectivity index (χ1v) is 8.69. The second kappa shape index (κ2) is 7.71. The number of hydrogen-bond donors (Lipinski definition) is 1. The van der Waals surface area contributed by atoms with E-state index < -0.39 is 0 Å². The quantitative estimate of drug-likeness (QED) is 0.804. The van der Waals surface area contributed by atoms with Crippen LogP contribution in [0.5, 0.6) is 0 Å². The lowest BCUT2D eigenvalue weighted by atomic mass is 10.1. The van der Waals surface area contributed by atoms with E-state index in [9.17, 15) is 0 Å². The lowest BCUT2D eigenvalue weighted by Crippen LogP contribution is -2.22. The van der Waals surface area contributed by atoms with Crippen molar-refractivity contribution in [1.82, 2.24) is 20.1 Å². The van der Waals surface area contributed by atoms with Gasteiger partial charge in [0.2, 0.25) is 0 Å². The molecule has 0 bridgehead atoms. The van der Waals surface area contributed by atoms with Gasteiger partial charge in [0.05, 0.1) is 16.7 Å². The highest BCUT2D eigenvalue weighted by Crippen LogP contribution is 2.24. The molecule has 0 saturated heterocycles. The van der Waals surface area contributed by atoms with E-state index >= 15 is 0 Å². The first-order valence-electron chi connectivity index (χ1n) is 7.87. The Bertz CT molecular complexity index is 542. The normalized spacial score (nSPS) is 13.0. The van der Waals surface area contributed by atoms with Crippen molar-refractivity contribution < 1.29 is 0 Å². The monoisotopic (exact) mass is 306 g/mol. The van der Waals surface area contributed by atoms with Crippen LogP contribution in [0.3, 0.4) is 0 Å². The zero-order chi connectivity index (χ0) is 15.2. The van der Waals surface area contributed by atoms with E-state index in [0.29, 0.717) is 12.1 Å². The molecule has 0 amide bonds. The molecule has 1 N–H and O–H groups in total. The standard InChI is InChI=1S/C16H26N4S/c1-5-14(6-2)20-9-8-13(19-20)10-15(17-7-3)16-11-18-12(4)21-16/h8-9,11,14-15,17H,5-7,10H2,1-4H3. The van der Waals surface area contributed by atoms with E-state index in [0.717, 1.165) is 36.5 Å². The number of aryl methyl sites for hydroxylation is 1. The molecule has 2 heterocycles. The van der Waals surface area contributed by atoms with E-state index in [-0.39, 0.29) is 0 Å². The fraction of sp³-hybridized carbons (Fsp3) is 0.625. The maximum absolute atomic E-state index is 4.77. The summed E-state index contributed by atoms with van der Waals surface area (Å²) in [5.74, 6) is 0. The molecular weight excluding hydrogens is 280 g/mol. The predicted molar refractivity (Wildman–Crippen MR) is 88.8 cm³/mol. The second-order valence-electron chi connectivity index (χ2n) is 5.35. The third-order valence-corrected chi connectivity index (χ3v) is 4.85. The SMILES string of the molecule is CCNC(Cc1ccn(C(CC)CC)n1)c1cnc(C)s1. The molecule has 5 heteroatoms. The largest absolute Gasteiger partial charge is 0.309 e. The Morgan fingerprint density at radius 3 is 2.62 bits per heavy atom. The van der Waals surface area contributed by atoms with Crippen molar-refractivity contribution >= 4 is 11.3 Å². The van der Waals surface area contributed by atoms with Gasteiger partial charge in [-0.3, -0.25) is 4.68 Å². The molecule has 0 aliphatic heterocycles. The zero-order valence-corrected chi connectivity index (χ0v) is 14.3. The van der Waals surface area contributed by atoms with Crippen LogP contribution < -0.4 is 5.32 Å². The molecule has 0 radical (unpaired) electrons. The van der Waals surface area contributed by atoms with Gasteiger partial charge in [-0.25, -0.2) is 4.98 Å². The van der Waals surface area contributed by atoms with Gasteiger partial charge in [0, 0.05) is 29.7 Å². The van der Waals surface area contributed by atoms with Gasteiger partial charge in [-0.05, 0) is 32.4 Å². The van der Waals surface area contributed by atoms with Crippen LogP contribution in [0.15, 0.2) is 18.5 Å². The lowest BCUT2D eigenvalue weighted by molar-refractivity contribution is 0.423. The minimum atomic E-state index is 0.311. The Morgan fingerprint density at radius 2 is 2.05 bits per heavy atom. The van der Waals surface area contributed by atoms with Crippen LogP contribution in [0.4, 0.5) is 0 Å². The van der Waals surface area contributed by atoms with Crippen LogP contribution in [0.1, 0.15) is 61.3 Å². The van der Waals surface area contributed by atoms with E-state index in [1.807, 2.05) is 6.20 Å². The molecule has 4 nitrogen and oxygen atoms in total. The number of hydrogen-bond acceptors (Lipinski definition) is 4. The molecule has 1 unspecified atom stereocenters. The lowest BCUT2D eigenvalue weighted by Gasteiger charge is -2.15. The summed E-state index contributed by atoms with van der Waals surface area (Å²) in [5.41, 5.74) is 1.15. The summed E-state index contributed by atoms with van der Waals surface area (Å²) in [6, 6.07) is 2.98. The third kappa shape index (κ3) is 4.14. The van der Waals surface area contributed by atoms with Crippen molar-refractivity contribution in [2.75, 3.05) is 6.54 Å². The minimum Gasteiger partial charge on any atom is -0.309 e. The first-order chi connectivity index (χ1) is 10.2.